The summed E-state index contributed by atoms with van der Waals surface area (Å²) in [6, 6.07) is 15.8. The molecule has 37 heavy (non-hydrogen) atoms. The van der Waals surface area contributed by atoms with Crippen molar-refractivity contribution >= 4 is 36.2 Å². The molecule has 0 bridgehead atoms. The Bertz CT molecular complexity index is 1160. The molecule has 0 fully saturated rings. The minimum absolute atomic E-state index is 0.0719. The van der Waals surface area contributed by atoms with Crippen molar-refractivity contribution in [1.29, 1.82) is 0 Å². The number of aryl methyl sites for hydroxylation is 2. The molecule has 2 aromatic carbocycles. The molecule has 0 saturated carbocycles. The number of rotatable bonds is 8. The summed E-state index contributed by atoms with van der Waals surface area (Å²) in [6.45, 7) is 7.32. The highest BCUT2D eigenvalue weighted by molar-refractivity contribution is 7.80. The summed E-state index contributed by atoms with van der Waals surface area (Å²) in [4.78, 5) is 12.8. The van der Waals surface area contributed by atoms with Gasteiger partial charge in [0.2, 0.25) is 12.2 Å². The fourth-order valence-electron chi connectivity index (χ4n) is 3.43. The van der Waals surface area contributed by atoms with Gasteiger partial charge in [-0.25, -0.2) is 9.13 Å². The van der Waals surface area contributed by atoms with Gasteiger partial charge in [-0.05, 0) is 53.9 Å². The van der Waals surface area contributed by atoms with Gasteiger partial charge in [-0.3, -0.25) is 4.79 Å². The van der Waals surface area contributed by atoms with Crippen LogP contribution in [0.4, 0.5) is 23.0 Å². The van der Waals surface area contributed by atoms with Crippen LogP contribution in [0.15, 0.2) is 67.3 Å². The van der Waals surface area contributed by atoms with Gasteiger partial charge in [0.1, 0.15) is 25.0 Å². The first kappa shape index (κ1) is 29.8. The number of imidazole rings is 1. The fraction of sp³-hybridized carbons (Fsp3) is 0.320. The Morgan fingerprint density at radius 1 is 1.08 bits per heavy atom. The lowest BCUT2D eigenvalue weighted by atomic mass is 10.0. The van der Waals surface area contributed by atoms with Crippen molar-refractivity contribution in [3.05, 3.63) is 83.9 Å². The fourth-order valence-corrected chi connectivity index (χ4v) is 3.68. The molecule has 3 N–H and O–H groups in total. The average molecular weight is 537 g/mol. The zero-order chi connectivity index (χ0) is 27.6. The van der Waals surface area contributed by atoms with Crippen LogP contribution >= 0.6 is 12.2 Å². The van der Waals surface area contributed by atoms with E-state index in [9.17, 15) is 22.1 Å². The first-order valence-electron chi connectivity index (χ1n) is 11.7. The number of halogens is 4. The van der Waals surface area contributed by atoms with Gasteiger partial charge in [0, 0.05) is 12.2 Å². The lowest BCUT2D eigenvalue weighted by Gasteiger charge is -2.23. The zero-order valence-corrected chi connectivity index (χ0v) is 22.0. The number of nitrogens with zero attached hydrogens (tertiary/aromatic N) is 2. The number of anilines is 1. The second-order valence-corrected chi connectivity index (χ2v) is 9.38. The molecule has 0 aliphatic carbocycles. The van der Waals surface area contributed by atoms with Gasteiger partial charge < -0.3 is 33.2 Å². The Kier molecular flexibility index (Phi) is 11.1. The van der Waals surface area contributed by atoms with E-state index < -0.39 is 13.3 Å². The molecular weight excluding hydrogens is 505 g/mol. The first-order valence-corrected chi connectivity index (χ1v) is 12.1. The molecule has 6 nitrogen and oxygen atoms in total. The summed E-state index contributed by atoms with van der Waals surface area (Å²) >= 11 is 5.44. The summed E-state index contributed by atoms with van der Waals surface area (Å²) < 4.78 is 43.1. The van der Waals surface area contributed by atoms with Crippen molar-refractivity contribution in [2.45, 2.75) is 39.9 Å². The number of nitrogens with one attached hydrogen (secondary N) is 3. The number of hydrogen-bond donors (Lipinski definition) is 3. The third kappa shape index (κ3) is 11.9. The average Bonchev–Trinajstić information content (AvgIpc) is 3.20. The molecule has 3 rings (SSSR count). The van der Waals surface area contributed by atoms with Crippen LogP contribution in [0.25, 0.3) is 0 Å². The lowest BCUT2D eigenvalue weighted by molar-refractivity contribution is -0.671. The second kappa shape index (κ2) is 13.8. The molecule has 12 heteroatoms. The Morgan fingerprint density at radius 2 is 1.70 bits per heavy atom. The topological polar surface area (TPSA) is 62.0 Å². The third-order valence-corrected chi connectivity index (χ3v) is 5.41. The molecule has 0 spiro atoms. The van der Waals surface area contributed by atoms with Gasteiger partial charge in [-0.2, -0.15) is 0 Å². The molecule has 0 aliphatic rings. The van der Waals surface area contributed by atoms with Crippen molar-refractivity contribution < 1.29 is 26.6 Å². The maximum Gasteiger partial charge on any atom is 0.673 e. The van der Waals surface area contributed by atoms with Crippen molar-refractivity contribution in [3.8, 4) is 0 Å². The smallest absolute Gasteiger partial charge is 0.418 e. The Hall–Kier alpha value is -3.41. The number of aromatic nitrogens is 2. The number of carbonyl (C=O) groups excluding carboxylic acids is 1. The highest BCUT2D eigenvalue weighted by Gasteiger charge is 2.23. The molecular formula is C25H32BF4N5OS. The highest BCUT2D eigenvalue weighted by Crippen LogP contribution is 2.11. The molecule has 1 heterocycles. The van der Waals surface area contributed by atoms with Crippen molar-refractivity contribution in [3.63, 3.8) is 0 Å². The Morgan fingerprint density at radius 3 is 2.24 bits per heavy atom. The third-order valence-electron chi connectivity index (χ3n) is 5.19. The normalized spacial score (nSPS) is 11.8. The lowest BCUT2D eigenvalue weighted by Crippen LogP contribution is -2.50. The number of carbonyl (C=O) groups is 1. The SMILES string of the molecule is Cc1cccc(NC(=S)N[C@H](C(=O)NCc2ccc(Cn3cc[n+](C)c3)cc2)C(C)C)c1.F[B-](F)(F)F. The van der Waals surface area contributed by atoms with E-state index in [0.717, 1.165) is 23.4 Å². The molecule has 0 unspecified atom stereocenters. The van der Waals surface area contributed by atoms with Crippen molar-refractivity contribution in [2.75, 3.05) is 5.32 Å². The molecule has 200 valence electrons. The maximum atomic E-state index is 12.8. The first-order chi connectivity index (χ1) is 17.3. The summed E-state index contributed by atoms with van der Waals surface area (Å²) in [5, 5.41) is 9.79. The number of thiocarbonyl (C=S) groups is 1. The van der Waals surface area contributed by atoms with E-state index in [-0.39, 0.29) is 11.8 Å². The second-order valence-electron chi connectivity index (χ2n) is 8.97. The molecule has 3 aromatic rings. The van der Waals surface area contributed by atoms with Gasteiger partial charge in [-0.15, -0.1) is 0 Å². The van der Waals surface area contributed by atoms with Crippen LogP contribution in [-0.2, 0) is 24.9 Å². The largest absolute Gasteiger partial charge is 0.673 e. The van der Waals surface area contributed by atoms with E-state index >= 15 is 0 Å². The summed E-state index contributed by atoms with van der Waals surface area (Å²) in [5.74, 6) is 0.00911. The molecule has 1 amide bonds. The van der Waals surface area contributed by atoms with E-state index in [1.807, 2.05) is 75.4 Å². The van der Waals surface area contributed by atoms with E-state index in [4.69, 9.17) is 12.2 Å². The summed E-state index contributed by atoms with van der Waals surface area (Å²) in [7, 11) is -3.99. The Balaban J connectivity index is 0.000000877. The molecule has 1 aromatic heterocycles. The molecule has 0 radical (unpaired) electrons. The summed E-state index contributed by atoms with van der Waals surface area (Å²) in [5.41, 5.74) is 4.32. The summed E-state index contributed by atoms with van der Waals surface area (Å²) in [6.07, 6.45) is 6.11. The van der Waals surface area contributed by atoms with Crippen molar-refractivity contribution in [1.82, 2.24) is 15.2 Å². The minimum atomic E-state index is -6.00. The molecule has 0 aliphatic heterocycles. The van der Waals surface area contributed by atoms with Gasteiger partial charge >= 0.3 is 7.25 Å². The minimum Gasteiger partial charge on any atom is -0.418 e. The van der Waals surface area contributed by atoms with Crippen LogP contribution in [-0.4, -0.2) is 28.9 Å². The zero-order valence-electron chi connectivity index (χ0n) is 21.2. The van der Waals surface area contributed by atoms with Crippen LogP contribution in [0, 0.1) is 12.8 Å². The van der Waals surface area contributed by atoms with Gasteiger partial charge in [-0.1, -0.05) is 50.2 Å². The maximum absolute atomic E-state index is 12.8. The van der Waals surface area contributed by atoms with Crippen LogP contribution < -0.4 is 20.5 Å². The van der Waals surface area contributed by atoms with E-state index in [0.29, 0.717) is 11.7 Å². The van der Waals surface area contributed by atoms with E-state index in [1.54, 1.807) is 0 Å². The van der Waals surface area contributed by atoms with E-state index in [2.05, 4.69) is 44.8 Å². The number of benzene rings is 2. The van der Waals surface area contributed by atoms with Gasteiger partial charge in [0.05, 0.1) is 7.05 Å². The molecule has 0 saturated heterocycles. The van der Waals surface area contributed by atoms with Gasteiger partial charge in [0.15, 0.2) is 5.11 Å². The number of hydrogen-bond acceptors (Lipinski definition) is 2. The van der Waals surface area contributed by atoms with Crippen molar-refractivity contribution in [2.24, 2.45) is 13.0 Å². The molecule has 1 atom stereocenters. The van der Waals surface area contributed by atoms with Crippen LogP contribution in [0.1, 0.15) is 30.5 Å². The quantitative estimate of drug-likeness (QED) is 0.170. The van der Waals surface area contributed by atoms with Crippen LogP contribution in [0.2, 0.25) is 0 Å². The highest BCUT2D eigenvalue weighted by atomic mass is 32.1. The van der Waals surface area contributed by atoms with E-state index in [1.165, 1.54) is 5.56 Å². The predicted octanol–water partition coefficient (Wildman–Crippen LogP) is 4.60. The van der Waals surface area contributed by atoms with Gasteiger partial charge in [0.25, 0.3) is 0 Å². The Labute approximate surface area is 220 Å². The standard InChI is InChI=1S/C25H31N5OS.BF4/c1-18(2)23(28-25(32)27-22-7-5-6-19(3)14-22)24(31)26-15-20-8-10-21(11-9-20)16-30-13-12-29(4)17-30;2-1(3,4)5/h5-14,17-18,23H,15-16H2,1-4H3,(H2-,26,27,28,31,32);/q;-1/p+1/t23-;/m0./s1. The monoisotopic (exact) mass is 537 g/mol. The van der Waals surface area contributed by atoms with Crippen LogP contribution in [0.5, 0.6) is 0 Å². The van der Waals surface area contributed by atoms with Crippen LogP contribution in [0.3, 0.4) is 0 Å². The number of amides is 1. The predicted molar refractivity (Wildman–Crippen MR) is 142 cm³/mol.